The van der Waals surface area contributed by atoms with Gasteiger partial charge < -0.3 is 0 Å². The number of hydrogen-bond donors (Lipinski definition) is 0. The second-order valence-electron chi connectivity index (χ2n) is 3.06. The van der Waals surface area contributed by atoms with Gasteiger partial charge in [-0.3, -0.25) is 9.80 Å². The summed E-state index contributed by atoms with van der Waals surface area (Å²) in [5, 5.41) is 3.48. The molecular weight excluding hydrogens is 152 g/mol. The molecule has 0 aliphatic carbocycles. The predicted octanol–water partition coefficient (Wildman–Crippen LogP) is 1.28. The monoisotopic (exact) mass is 170 g/mol. The molecule has 0 unspecified atom stereocenters. The van der Waals surface area contributed by atoms with Crippen LogP contribution in [-0.4, -0.2) is 36.6 Å². The van der Waals surface area contributed by atoms with E-state index in [1.807, 2.05) is 21.0 Å². The Morgan fingerprint density at radius 1 is 1.42 bits per heavy atom. The van der Waals surface area contributed by atoms with Crippen molar-refractivity contribution in [1.29, 1.82) is 0 Å². The highest BCUT2D eigenvalue weighted by Gasteiger charge is 2.14. The van der Waals surface area contributed by atoms with E-state index in [1.54, 1.807) is 16.9 Å². The minimum atomic E-state index is 0.00171. The minimum Gasteiger partial charge on any atom is -0.272 e. The molecule has 3 nitrogen and oxygen atoms in total. The summed E-state index contributed by atoms with van der Waals surface area (Å²) in [4.78, 5) is 11.5. The van der Waals surface area contributed by atoms with Crippen LogP contribution < -0.4 is 0 Å². The third-order valence-corrected chi connectivity index (χ3v) is 1.52. The molecule has 0 bridgehead atoms. The summed E-state index contributed by atoms with van der Waals surface area (Å²) in [6, 6.07) is 0. The molecule has 0 fully saturated rings. The van der Waals surface area contributed by atoms with E-state index in [2.05, 4.69) is 6.58 Å². The molecule has 0 aliphatic heterocycles. The number of carbonyl (C=O) groups excluding carboxylic acids is 1. The Kier molecular flexibility index (Phi) is 4.59. The second-order valence-corrected chi connectivity index (χ2v) is 3.06. The average molecular weight is 170 g/mol. The van der Waals surface area contributed by atoms with Crippen LogP contribution in [0.5, 0.6) is 0 Å². The van der Waals surface area contributed by atoms with E-state index in [1.165, 1.54) is 0 Å². The third kappa shape index (κ3) is 3.05. The fourth-order valence-electron chi connectivity index (χ4n) is 0.915. The van der Waals surface area contributed by atoms with E-state index in [9.17, 15) is 4.79 Å². The number of nitrogens with zero attached hydrogens (tertiary/aromatic N) is 2. The van der Waals surface area contributed by atoms with E-state index in [0.29, 0.717) is 5.57 Å². The summed E-state index contributed by atoms with van der Waals surface area (Å²) in [5.74, 6) is 0.00171. The van der Waals surface area contributed by atoms with Gasteiger partial charge in [0.2, 0.25) is 0 Å². The molecule has 0 saturated heterocycles. The van der Waals surface area contributed by atoms with E-state index < -0.39 is 0 Å². The number of hydrazine groups is 1. The molecule has 0 radical (unpaired) electrons. The molecule has 70 valence electrons. The van der Waals surface area contributed by atoms with Crippen molar-refractivity contribution in [2.24, 2.45) is 0 Å². The Bertz CT molecular complexity index is 175. The Morgan fingerprint density at radius 3 is 2.17 bits per heavy atom. The molecular formula is C9H18N2O. The third-order valence-electron chi connectivity index (χ3n) is 1.52. The summed E-state index contributed by atoms with van der Waals surface area (Å²) in [6.45, 7) is 8.15. The minimum absolute atomic E-state index is 0.00171. The van der Waals surface area contributed by atoms with Gasteiger partial charge in [0.15, 0.2) is 0 Å². The Balaban J connectivity index is 4.29. The van der Waals surface area contributed by atoms with Gasteiger partial charge in [-0.1, -0.05) is 13.5 Å². The van der Waals surface area contributed by atoms with Crippen LogP contribution in [0.4, 0.5) is 0 Å². The van der Waals surface area contributed by atoms with Crippen LogP contribution in [0, 0.1) is 0 Å². The zero-order valence-electron chi connectivity index (χ0n) is 8.42. The first-order valence-corrected chi connectivity index (χ1v) is 4.15. The zero-order chi connectivity index (χ0) is 9.72. The predicted molar refractivity (Wildman–Crippen MR) is 50.5 cm³/mol. The summed E-state index contributed by atoms with van der Waals surface area (Å²) < 4.78 is 0. The molecule has 1 amide bonds. The molecule has 0 aromatic carbocycles. The quantitative estimate of drug-likeness (QED) is 0.468. The Labute approximate surface area is 74.6 Å². The van der Waals surface area contributed by atoms with E-state index >= 15 is 0 Å². The Morgan fingerprint density at radius 2 is 1.92 bits per heavy atom. The standard InChI is InChI=1S/C9H18N2O/c1-6-7-11(10(4)5)9(12)8(2)3/h2,6-7H2,1,3-5H3. The fourth-order valence-corrected chi connectivity index (χ4v) is 0.915. The lowest BCUT2D eigenvalue weighted by molar-refractivity contribution is -0.140. The van der Waals surface area contributed by atoms with Gasteiger partial charge in [-0.15, -0.1) is 0 Å². The normalized spacial score (nSPS) is 10.1. The molecule has 0 saturated carbocycles. The maximum absolute atomic E-state index is 11.5. The van der Waals surface area contributed by atoms with Crippen LogP contribution in [0.15, 0.2) is 12.2 Å². The van der Waals surface area contributed by atoms with Gasteiger partial charge in [0.05, 0.1) is 0 Å². The zero-order valence-corrected chi connectivity index (χ0v) is 8.42. The van der Waals surface area contributed by atoms with Gasteiger partial charge >= 0.3 is 0 Å². The Hall–Kier alpha value is -0.830. The van der Waals surface area contributed by atoms with Crippen molar-refractivity contribution in [2.45, 2.75) is 20.3 Å². The second kappa shape index (κ2) is 4.93. The molecule has 0 N–H and O–H groups in total. The molecule has 3 heteroatoms. The van der Waals surface area contributed by atoms with Crippen LogP contribution in [0.2, 0.25) is 0 Å². The van der Waals surface area contributed by atoms with Crippen molar-refractivity contribution in [3.63, 3.8) is 0 Å². The molecule has 0 spiro atoms. The highest BCUT2D eigenvalue weighted by Crippen LogP contribution is 2.01. The van der Waals surface area contributed by atoms with Crippen LogP contribution in [-0.2, 0) is 4.79 Å². The summed E-state index contributed by atoms with van der Waals surface area (Å²) >= 11 is 0. The highest BCUT2D eigenvalue weighted by atomic mass is 16.2. The van der Waals surface area contributed by atoms with Crippen LogP contribution in [0.25, 0.3) is 0 Å². The van der Waals surface area contributed by atoms with Gasteiger partial charge in [0.1, 0.15) is 0 Å². The maximum Gasteiger partial charge on any atom is 0.263 e. The fraction of sp³-hybridized carbons (Fsp3) is 0.667. The van der Waals surface area contributed by atoms with Crippen molar-refractivity contribution >= 4 is 5.91 Å². The lowest BCUT2D eigenvalue weighted by atomic mass is 10.3. The van der Waals surface area contributed by atoms with Crippen LogP contribution in [0.3, 0.4) is 0 Å². The molecule has 0 aromatic heterocycles. The number of carbonyl (C=O) groups is 1. The van der Waals surface area contributed by atoms with Gasteiger partial charge in [-0.25, -0.2) is 5.01 Å². The van der Waals surface area contributed by atoms with Crippen LogP contribution in [0.1, 0.15) is 20.3 Å². The average Bonchev–Trinajstić information content (AvgIpc) is 1.98. The number of hydrogen-bond acceptors (Lipinski definition) is 2. The maximum atomic E-state index is 11.5. The molecule has 0 aromatic rings. The van der Waals surface area contributed by atoms with Crippen molar-refractivity contribution in [3.05, 3.63) is 12.2 Å². The van der Waals surface area contributed by atoms with Crippen LogP contribution >= 0.6 is 0 Å². The van der Waals surface area contributed by atoms with Crippen molar-refractivity contribution in [3.8, 4) is 0 Å². The summed E-state index contributed by atoms with van der Waals surface area (Å²) in [5.41, 5.74) is 0.581. The first-order chi connectivity index (χ1) is 5.50. The topological polar surface area (TPSA) is 23.6 Å². The van der Waals surface area contributed by atoms with E-state index in [0.717, 1.165) is 13.0 Å². The molecule has 0 aliphatic rings. The van der Waals surface area contributed by atoms with Gasteiger partial charge in [0.25, 0.3) is 5.91 Å². The van der Waals surface area contributed by atoms with Gasteiger partial charge in [0, 0.05) is 26.2 Å². The van der Waals surface area contributed by atoms with Crippen molar-refractivity contribution in [2.75, 3.05) is 20.6 Å². The van der Waals surface area contributed by atoms with Gasteiger partial charge in [-0.05, 0) is 13.3 Å². The highest BCUT2D eigenvalue weighted by molar-refractivity contribution is 5.91. The lowest BCUT2D eigenvalue weighted by Gasteiger charge is -2.28. The summed E-state index contributed by atoms with van der Waals surface area (Å²) in [6.07, 6.45) is 0.956. The van der Waals surface area contributed by atoms with Crippen molar-refractivity contribution in [1.82, 2.24) is 10.0 Å². The van der Waals surface area contributed by atoms with E-state index in [4.69, 9.17) is 0 Å². The smallest absolute Gasteiger partial charge is 0.263 e. The first-order valence-electron chi connectivity index (χ1n) is 4.15. The SMILES string of the molecule is C=C(C)C(=O)N(CCC)N(C)C. The molecule has 0 rings (SSSR count). The van der Waals surface area contributed by atoms with Crippen molar-refractivity contribution < 1.29 is 4.79 Å². The number of rotatable bonds is 4. The largest absolute Gasteiger partial charge is 0.272 e. The molecule has 0 atom stereocenters. The number of amides is 1. The first kappa shape index (κ1) is 11.2. The van der Waals surface area contributed by atoms with Gasteiger partial charge in [-0.2, -0.15) is 0 Å². The molecule has 12 heavy (non-hydrogen) atoms. The summed E-state index contributed by atoms with van der Waals surface area (Å²) in [7, 11) is 3.72. The van der Waals surface area contributed by atoms with E-state index in [-0.39, 0.29) is 5.91 Å². The molecule has 0 heterocycles. The lowest BCUT2D eigenvalue weighted by Crippen LogP contribution is -2.42.